The number of anilines is 1. The van der Waals surface area contributed by atoms with Crippen LogP contribution < -0.4 is 10.9 Å². The number of halogens is 1. The smallest absolute Gasteiger partial charge is 0.335 e. The molecule has 21 heavy (non-hydrogen) atoms. The van der Waals surface area contributed by atoms with E-state index in [4.69, 9.17) is 0 Å². The summed E-state index contributed by atoms with van der Waals surface area (Å²) in [5, 5.41) is 14.8. The summed E-state index contributed by atoms with van der Waals surface area (Å²) in [6.45, 7) is 3.14. The number of rotatable bonds is 6. The van der Waals surface area contributed by atoms with E-state index in [1.807, 2.05) is 0 Å². The Morgan fingerprint density at radius 1 is 1.57 bits per heavy atom. The third-order valence-electron chi connectivity index (χ3n) is 2.64. The number of nitrogens with one attached hydrogen (secondary N) is 1. The first-order chi connectivity index (χ1) is 10.0. The van der Waals surface area contributed by atoms with Crippen molar-refractivity contribution < 1.29 is 4.92 Å². The number of nitro groups is 1. The Morgan fingerprint density at radius 2 is 2.33 bits per heavy atom. The topological polar surface area (TPSA) is 90.1 Å². The molecule has 2 rings (SSSR count). The first kappa shape index (κ1) is 15.6. The molecule has 0 aromatic carbocycles. The van der Waals surface area contributed by atoms with E-state index in [0.717, 1.165) is 23.0 Å². The summed E-state index contributed by atoms with van der Waals surface area (Å²) < 4.78 is 1.79. The minimum atomic E-state index is -0.676. The van der Waals surface area contributed by atoms with Crippen LogP contribution in [0.25, 0.3) is 0 Å². The lowest BCUT2D eigenvalue weighted by molar-refractivity contribution is -0.386. The van der Waals surface area contributed by atoms with Crippen molar-refractivity contribution in [2.45, 2.75) is 19.9 Å². The maximum Gasteiger partial charge on any atom is 0.335 e. The first-order valence-corrected chi connectivity index (χ1v) is 7.85. The van der Waals surface area contributed by atoms with Crippen molar-refractivity contribution in [3.05, 3.63) is 48.3 Å². The third-order valence-corrected chi connectivity index (χ3v) is 4.01. The molecular weight excluding hydrogens is 360 g/mol. The predicted octanol–water partition coefficient (Wildman–Crippen LogP) is 2.85. The highest BCUT2D eigenvalue weighted by molar-refractivity contribution is 9.10. The van der Waals surface area contributed by atoms with E-state index < -0.39 is 16.2 Å². The lowest BCUT2D eigenvalue weighted by atomic mass is 10.4. The minimum Gasteiger partial charge on any atom is -0.362 e. The van der Waals surface area contributed by atoms with Crippen LogP contribution in [0.4, 0.5) is 10.8 Å². The normalized spacial score (nSPS) is 10.6. The molecule has 0 amide bonds. The number of nitrogens with zero attached hydrogens (tertiary/aromatic N) is 3. The summed E-state index contributed by atoms with van der Waals surface area (Å²) >= 11 is 4.61. The lowest BCUT2D eigenvalue weighted by Crippen LogP contribution is -2.22. The van der Waals surface area contributed by atoms with Crippen LogP contribution in [0.3, 0.4) is 0 Å². The van der Waals surface area contributed by atoms with Gasteiger partial charge in [0.1, 0.15) is 0 Å². The van der Waals surface area contributed by atoms with Crippen LogP contribution in [-0.2, 0) is 6.54 Å². The Bertz CT molecular complexity index is 713. The second-order valence-electron chi connectivity index (χ2n) is 4.29. The quantitative estimate of drug-likeness (QED) is 0.621. The summed E-state index contributed by atoms with van der Waals surface area (Å²) in [6, 6.07) is 1.21. The number of thiazole rings is 1. The van der Waals surface area contributed by atoms with Gasteiger partial charge in [0.05, 0.1) is 11.5 Å². The molecule has 2 heterocycles. The number of aromatic nitrogens is 2. The van der Waals surface area contributed by atoms with Crippen molar-refractivity contribution in [2.24, 2.45) is 0 Å². The molecule has 2 aromatic heterocycles. The van der Waals surface area contributed by atoms with Crippen molar-refractivity contribution >= 4 is 38.1 Å². The van der Waals surface area contributed by atoms with E-state index in [-0.39, 0.29) is 6.54 Å². The Labute approximate surface area is 132 Å². The fraction of sp³-hybridized carbons (Fsp3) is 0.333. The molecule has 2 aromatic rings. The summed E-state index contributed by atoms with van der Waals surface area (Å²) in [7, 11) is 0. The van der Waals surface area contributed by atoms with Gasteiger partial charge in [-0.3, -0.25) is 14.9 Å². The van der Waals surface area contributed by atoms with E-state index in [0.29, 0.717) is 4.47 Å². The lowest BCUT2D eigenvalue weighted by Gasteiger charge is -2.04. The van der Waals surface area contributed by atoms with Crippen LogP contribution in [0.15, 0.2) is 27.7 Å². The molecule has 0 aliphatic rings. The predicted molar refractivity (Wildman–Crippen MR) is 85.1 cm³/mol. The highest BCUT2D eigenvalue weighted by atomic mass is 79.9. The van der Waals surface area contributed by atoms with Crippen molar-refractivity contribution in [3.63, 3.8) is 0 Å². The van der Waals surface area contributed by atoms with Gasteiger partial charge in [-0.05, 0) is 22.4 Å². The monoisotopic (exact) mass is 372 g/mol. The zero-order valence-corrected chi connectivity index (χ0v) is 13.6. The van der Waals surface area contributed by atoms with Gasteiger partial charge < -0.3 is 9.88 Å². The largest absolute Gasteiger partial charge is 0.362 e. The van der Waals surface area contributed by atoms with Crippen LogP contribution in [0, 0.1) is 10.1 Å². The van der Waals surface area contributed by atoms with E-state index in [2.05, 4.69) is 33.2 Å². The Hall–Kier alpha value is -1.74. The van der Waals surface area contributed by atoms with Crippen molar-refractivity contribution in [1.29, 1.82) is 0 Å². The number of pyridine rings is 1. The highest BCUT2D eigenvalue weighted by Crippen LogP contribution is 2.20. The molecule has 0 spiro atoms. The maximum atomic E-state index is 12.0. The number of hydrogen-bond acceptors (Lipinski definition) is 6. The first-order valence-electron chi connectivity index (χ1n) is 6.24. The number of hydrogen-bond donors (Lipinski definition) is 1. The molecule has 0 saturated carbocycles. The molecule has 0 fully saturated rings. The average molecular weight is 373 g/mol. The summed E-state index contributed by atoms with van der Waals surface area (Å²) in [5.74, 6) is 0. The molecule has 0 atom stereocenters. The van der Waals surface area contributed by atoms with Crippen LogP contribution in [0.2, 0.25) is 0 Å². The van der Waals surface area contributed by atoms with Gasteiger partial charge >= 0.3 is 11.2 Å². The maximum absolute atomic E-state index is 12.0. The third kappa shape index (κ3) is 3.88. The molecule has 0 saturated heterocycles. The fourth-order valence-corrected chi connectivity index (χ4v) is 3.00. The molecule has 7 nitrogen and oxygen atoms in total. The molecule has 9 heteroatoms. The van der Waals surface area contributed by atoms with Gasteiger partial charge in [0.15, 0.2) is 5.13 Å². The minimum absolute atomic E-state index is 0.255. The van der Waals surface area contributed by atoms with Gasteiger partial charge in [-0.25, -0.2) is 4.98 Å². The van der Waals surface area contributed by atoms with E-state index in [1.54, 1.807) is 6.20 Å². The van der Waals surface area contributed by atoms with E-state index >= 15 is 0 Å². The summed E-state index contributed by atoms with van der Waals surface area (Å²) in [4.78, 5) is 27.2. The molecule has 0 aliphatic heterocycles. The van der Waals surface area contributed by atoms with Gasteiger partial charge in [0.2, 0.25) is 0 Å². The molecule has 112 valence electrons. The van der Waals surface area contributed by atoms with Gasteiger partial charge in [0, 0.05) is 34.4 Å². The SMILES string of the molecule is CCCNc1ncc(Cn2cc(Br)cc([N+](=O)[O-])c2=O)s1. The van der Waals surface area contributed by atoms with Crippen LogP contribution >= 0.6 is 27.3 Å². The van der Waals surface area contributed by atoms with Crippen LogP contribution in [0.1, 0.15) is 18.2 Å². The van der Waals surface area contributed by atoms with Gasteiger partial charge in [-0.2, -0.15) is 0 Å². The van der Waals surface area contributed by atoms with Crippen molar-refractivity contribution in [1.82, 2.24) is 9.55 Å². The van der Waals surface area contributed by atoms with Crippen molar-refractivity contribution in [3.8, 4) is 0 Å². The molecule has 0 unspecified atom stereocenters. The molecule has 1 N–H and O–H groups in total. The second kappa shape index (κ2) is 6.81. The summed E-state index contributed by atoms with van der Waals surface area (Å²) in [5.41, 5.74) is -1.07. The zero-order chi connectivity index (χ0) is 15.4. The van der Waals surface area contributed by atoms with Crippen LogP contribution in [-0.4, -0.2) is 21.0 Å². The fourth-order valence-electron chi connectivity index (χ4n) is 1.69. The molecule has 0 bridgehead atoms. The Balaban J connectivity index is 2.25. The van der Waals surface area contributed by atoms with Gasteiger partial charge in [-0.1, -0.05) is 6.92 Å². The van der Waals surface area contributed by atoms with Crippen LogP contribution in [0.5, 0.6) is 0 Å². The van der Waals surface area contributed by atoms with Crippen molar-refractivity contribution in [2.75, 3.05) is 11.9 Å². The summed E-state index contributed by atoms with van der Waals surface area (Å²) in [6.07, 6.45) is 4.20. The van der Waals surface area contributed by atoms with Gasteiger partial charge in [-0.15, -0.1) is 11.3 Å². The van der Waals surface area contributed by atoms with E-state index in [9.17, 15) is 14.9 Å². The molecule has 0 aliphatic carbocycles. The Morgan fingerprint density at radius 3 is 3.00 bits per heavy atom. The molecular formula is C12H13BrN4O3S. The molecule has 0 radical (unpaired) electrons. The second-order valence-corrected chi connectivity index (χ2v) is 6.32. The standard InChI is InChI=1S/C12H13BrN4O3S/c1-2-3-14-12-15-5-9(21-12)7-16-6-8(13)4-10(11(16)18)17(19)20/h4-6H,2-3,7H2,1H3,(H,14,15). The van der Waals surface area contributed by atoms with Gasteiger partial charge in [0.25, 0.3) is 0 Å². The highest BCUT2D eigenvalue weighted by Gasteiger charge is 2.16. The Kier molecular flexibility index (Phi) is 5.07. The zero-order valence-electron chi connectivity index (χ0n) is 11.2. The average Bonchev–Trinajstić information content (AvgIpc) is 2.87. The van der Waals surface area contributed by atoms with E-state index in [1.165, 1.54) is 28.2 Å².